The first-order chi connectivity index (χ1) is 11.6. The highest BCUT2D eigenvalue weighted by atomic mass is 19.1. The summed E-state index contributed by atoms with van der Waals surface area (Å²) in [6.07, 6.45) is 4.23. The van der Waals surface area contributed by atoms with Crippen molar-refractivity contribution in [3.05, 3.63) is 70.7 Å². The third kappa shape index (κ3) is 2.39. The Labute approximate surface area is 139 Å². The summed E-state index contributed by atoms with van der Waals surface area (Å²) in [5, 5.41) is 10.5. The van der Waals surface area contributed by atoms with Crippen LogP contribution in [0.5, 0.6) is 0 Å². The lowest BCUT2D eigenvalue weighted by atomic mass is 9.95. The van der Waals surface area contributed by atoms with Crippen molar-refractivity contribution in [2.45, 2.75) is 32.2 Å². The largest absolute Gasteiger partial charge is 0.478 e. The second-order valence-corrected chi connectivity index (χ2v) is 6.34. The number of nitrogens with zero attached hydrogens (tertiary/aromatic N) is 1. The van der Waals surface area contributed by atoms with E-state index in [0.29, 0.717) is 12.1 Å². The van der Waals surface area contributed by atoms with E-state index >= 15 is 0 Å². The summed E-state index contributed by atoms with van der Waals surface area (Å²) >= 11 is 0. The Morgan fingerprint density at radius 3 is 2.75 bits per heavy atom. The van der Waals surface area contributed by atoms with Crippen molar-refractivity contribution in [3.8, 4) is 0 Å². The Morgan fingerprint density at radius 1 is 1.12 bits per heavy atom. The summed E-state index contributed by atoms with van der Waals surface area (Å²) < 4.78 is 15.9. The summed E-state index contributed by atoms with van der Waals surface area (Å²) in [6, 6.07) is 12.0. The molecule has 2 aromatic carbocycles. The molecule has 4 heteroatoms. The number of carboxylic acids is 1. The van der Waals surface area contributed by atoms with Crippen LogP contribution in [-0.2, 0) is 19.4 Å². The minimum absolute atomic E-state index is 0.259. The first kappa shape index (κ1) is 14.9. The van der Waals surface area contributed by atoms with Gasteiger partial charge in [0.2, 0.25) is 0 Å². The summed E-state index contributed by atoms with van der Waals surface area (Å²) in [4.78, 5) is 11.5. The molecule has 1 N–H and O–H groups in total. The van der Waals surface area contributed by atoms with Crippen molar-refractivity contribution in [1.29, 1.82) is 0 Å². The lowest BCUT2D eigenvalue weighted by Gasteiger charge is -2.17. The van der Waals surface area contributed by atoms with E-state index in [1.165, 1.54) is 17.3 Å². The van der Waals surface area contributed by atoms with E-state index in [4.69, 9.17) is 0 Å². The van der Waals surface area contributed by atoms with Crippen molar-refractivity contribution >= 4 is 16.9 Å². The predicted octanol–water partition coefficient (Wildman–Crippen LogP) is 4.41. The van der Waals surface area contributed by atoms with Crippen molar-refractivity contribution < 1.29 is 14.3 Å². The van der Waals surface area contributed by atoms with Crippen LogP contribution < -0.4 is 0 Å². The maximum Gasteiger partial charge on any atom is 0.336 e. The molecular weight excluding hydrogens is 305 g/mol. The number of carbonyl (C=O) groups is 1. The third-order valence-corrected chi connectivity index (χ3v) is 4.92. The minimum Gasteiger partial charge on any atom is -0.478 e. The van der Waals surface area contributed by atoms with E-state index in [9.17, 15) is 14.3 Å². The van der Waals surface area contributed by atoms with E-state index in [0.717, 1.165) is 42.1 Å². The number of hydrogen-bond acceptors (Lipinski definition) is 1. The predicted molar refractivity (Wildman–Crippen MR) is 91.0 cm³/mol. The molecular formula is C20H18FNO2. The Kier molecular flexibility index (Phi) is 3.60. The molecule has 0 unspecified atom stereocenters. The summed E-state index contributed by atoms with van der Waals surface area (Å²) in [7, 11) is 0. The molecule has 0 spiro atoms. The second-order valence-electron chi connectivity index (χ2n) is 6.34. The third-order valence-electron chi connectivity index (χ3n) is 4.92. The van der Waals surface area contributed by atoms with Gasteiger partial charge in [-0.3, -0.25) is 0 Å². The highest BCUT2D eigenvalue weighted by Crippen LogP contribution is 2.33. The van der Waals surface area contributed by atoms with Gasteiger partial charge >= 0.3 is 5.97 Å². The fourth-order valence-electron chi connectivity index (χ4n) is 3.82. The lowest BCUT2D eigenvalue weighted by molar-refractivity contribution is 0.0695. The molecule has 3 aromatic rings. The SMILES string of the molecule is O=C(O)c1ccccc1Cn1c2c(c3ccc(F)cc31)CCCC2. The number of fused-ring (bicyclic) bond motifs is 3. The highest BCUT2D eigenvalue weighted by molar-refractivity contribution is 5.90. The van der Waals surface area contributed by atoms with Crippen molar-refractivity contribution in [3.63, 3.8) is 0 Å². The average Bonchev–Trinajstić information content (AvgIpc) is 2.89. The topological polar surface area (TPSA) is 42.2 Å². The molecule has 1 aromatic heterocycles. The Hall–Kier alpha value is -2.62. The van der Waals surface area contributed by atoms with Crippen LogP contribution in [0.15, 0.2) is 42.5 Å². The summed E-state index contributed by atoms with van der Waals surface area (Å²) in [5.74, 6) is -1.19. The maximum absolute atomic E-state index is 13.8. The molecule has 0 saturated heterocycles. The fourth-order valence-corrected chi connectivity index (χ4v) is 3.82. The molecule has 0 atom stereocenters. The molecule has 3 nitrogen and oxygen atoms in total. The zero-order chi connectivity index (χ0) is 16.7. The first-order valence-electron chi connectivity index (χ1n) is 8.26. The van der Waals surface area contributed by atoms with Gasteiger partial charge in [0.25, 0.3) is 0 Å². The van der Waals surface area contributed by atoms with Gasteiger partial charge in [-0.25, -0.2) is 9.18 Å². The molecule has 0 fully saturated rings. The molecule has 1 aliphatic carbocycles. The molecule has 0 radical (unpaired) electrons. The molecule has 0 bridgehead atoms. The quantitative estimate of drug-likeness (QED) is 0.776. The van der Waals surface area contributed by atoms with E-state index in [2.05, 4.69) is 4.57 Å². The molecule has 0 amide bonds. The number of rotatable bonds is 3. The van der Waals surface area contributed by atoms with Crippen LogP contribution in [0.3, 0.4) is 0 Å². The highest BCUT2D eigenvalue weighted by Gasteiger charge is 2.21. The van der Waals surface area contributed by atoms with Crippen LogP contribution in [-0.4, -0.2) is 15.6 Å². The Morgan fingerprint density at radius 2 is 1.92 bits per heavy atom. The lowest BCUT2D eigenvalue weighted by Crippen LogP contribution is -2.12. The standard InChI is InChI=1S/C20H18FNO2/c21-14-9-10-17-16-7-3-4-8-18(16)22(19(17)11-14)12-13-5-1-2-6-15(13)20(23)24/h1-2,5-6,9-11H,3-4,7-8,12H2,(H,23,24). The number of aryl methyl sites for hydroxylation is 1. The number of hydrogen-bond donors (Lipinski definition) is 1. The summed E-state index contributed by atoms with van der Waals surface area (Å²) in [6.45, 7) is 0.456. The normalized spacial score (nSPS) is 13.9. The molecule has 1 heterocycles. The molecule has 1 aliphatic rings. The second kappa shape index (κ2) is 5.78. The van der Waals surface area contributed by atoms with Gasteiger partial charge in [0.05, 0.1) is 11.1 Å². The number of carboxylic acid groups (broad SMARTS) is 1. The molecule has 4 rings (SSSR count). The number of halogens is 1. The number of benzene rings is 2. The van der Waals surface area contributed by atoms with Gasteiger partial charge in [0.15, 0.2) is 0 Å². The van der Waals surface area contributed by atoms with Gasteiger partial charge in [-0.1, -0.05) is 18.2 Å². The van der Waals surface area contributed by atoms with Crippen LogP contribution in [0.2, 0.25) is 0 Å². The smallest absolute Gasteiger partial charge is 0.336 e. The van der Waals surface area contributed by atoms with Crippen molar-refractivity contribution in [2.24, 2.45) is 0 Å². The van der Waals surface area contributed by atoms with E-state index in [1.54, 1.807) is 18.2 Å². The van der Waals surface area contributed by atoms with E-state index in [1.807, 2.05) is 18.2 Å². The molecule has 122 valence electrons. The van der Waals surface area contributed by atoms with Gasteiger partial charge in [0.1, 0.15) is 5.82 Å². The van der Waals surface area contributed by atoms with Crippen LogP contribution in [0.25, 0.3) is 10.9 Å². The number of aromatic nitrogens is 1. The van der Waals surface area contributed by atoms with E-state index < -0.39 is 5.97 Å². The van der Waals surface area contributed by atoms with Gasteiger partial charge in [-0.05, 0) is 61.1 Å². The zero-order valence-electron chi connectivity index (χ0n) is 13.3. The minimum atomic E-state index is -0.929. The van der Waals surface area contributed by atoms with Crippen LogP contribution in [0, 0.1) is 5.82 Å². The molecule has 0 saturated carbocycles. The van der Waals surface area contributed by atoms with Gasteiger partial charge in [0, 0.05) is 17.6 Å². The van der Waals surface area contributed by atoms with Gasteiger partial charge < -0.3 is 9.67 Å². The molecule has 24 heavy (non-hydrogen) atoms. The maximum atomic E-state index is 13.8. The monoisotopic (exact) mass is 323 g/mol. The average molecular weight is 323 g/mol. The van der Waals surface area contributed by atoms with Crippen molar-refractivity contribution in [2.75, 3.05) is 0 Å². The van der Waals surface area contributed by atoms with E-state index in [-0.39, 0.29) is 5.82 Å². The van der Waals surface area contributed by atoms with Crippen LogP contribution in [0.4, 0.5) is 4.39 Å². The van der Waals surface area contributed by atoms with Gasteiger partial charge in [-0.15, -0.1) is 0 Å². The molecule has 0 aliphatic heterocycles. The van der Waals surface area contributed by atoms with Crippen molar-refractivity contribution in [1.82, 2.24) is 4.57 Å². The summed E-state index contributed by atoms with van der Waals surface area (Å²) in [5.41, 5.74) is 4.44. The van der Waals surface area contributed by atoms with Crippen LogP contribution >= 0.6 is 0 Å². The fraction of sp³-hybridized carbons (Fsp3) is 0.250. The first-order valence-corrected chi connectivity index (χ1v) is 8.26. The number of aromatic carboxylic acids is 1. The Bertz CT molecular complexity index is 942. The Balaban J connectivity index is 1.91. The van der Waals surface area contributed by atoms with Crippen LogP contribution in [0.1, 0.15) is 40.0 Å². The zero-order valence-corrected chi connectivity index (χ0v) is 13.3. The van der Waals surface area contributed by atoms with Gasteiger partial charge in [-0.2, -0.15) is 0 Å².